The van der Waals surface area contributed by atoms with Gasteiger partial charge in [-0.2, -0.15) is 0 Å². The highest BCUT2D eigenvalue weighted by atomic mass is 16.2. The van der Waals surface area contributed by atoms with Crippen LogP contribution in [0.2, 0.25) is 0 Å². The number of pyridine rings is 1. The summed E-state index contributed by atoms with van der Waals surface area (Å²) in [4.78, 5) is 31.3. The lowest BCUT2D eigenvalue weighted by atomic mass is 9.99. The van der Waals surface area contributed by atoms with E-state index < -0.39 is 0 Å². The standard InChI is InChI=1S/C21H25N3O2/c1-15-11-13-24(14-12-15)21(26)19-10-6-9-18(23-19)20(25)22-16(2)17-7-4-3-5-8-17/h3-10,15-16H,11-14H2,1-2H3,(H,22,25). The van der Waals surface area contributed by atoms with Gasteiger partial charge >= 0.3 is 0 Å². The molecule has 0 aliphatic carbocycles. The Morgan fingerprint density at radius 3 is 2.38 bits per heavy atom. The van der Waals surface area contributed by atoms with Crippen molar-refractivity contribution in [3.63, 3.8) is 0 Å². The lowest BCUT2D eigenvalue weighted by molar-refractivity contribution is 0.0691. The first-order valence-electron chi connectivity index (χ1n) is 9.16. The Balaban J connectivity index is 1.68. The van der Waals surface area contributed by atoms with Crippen molar-refractivity contribution in [3.8, 4) is 0 Å². The zero-order chi connectivity index (χ0) is 18.5. The lowest BCUT2D eigenvalue weighted by Crippen LogP contribution is -2.38. The summed E-state index contributed by atoms with van der Waals surface area (Å²) in [5.41, 5.74) is 1.62. The Labute approximate surface area is 154 Å². The van der Waals surface area contributed by atoms with E-state index in [2.05, 4.69) is 17.2 Å². The van der Waals surface area contributed by atoms with E-state index in [0.717, 1.165) is 31.5 Å². The average molecular weight is 351 g/mol. The van der Waals surface area contributed by atoms with Crippen molar-refractivity contribution < 1.29 is 9.59 Å². The third-order valence-corrected chi connectivity index (χ3v) is 4.92. The topological polar surface area (TPSA) is 62.3 Å². The van der Waals surface area contributed by atoms with Crippen LogP contribution in [0.1, 0.15) is 59.3 Å². The summed E-state index contributed by atoms with van der Waals surface area (Å²) in [6.07, 6.45) is 2.03. The highest BCUT2D eigenvalue weighted by Crippen LogP contribution is 2.18. The molecule has 1 atom stereocenters. The fraction of sp³-hybridized carbons (Fsp3) is 0.381. The number of aromatic nitrogens is 1. The highest BCUT2D eigenvalue weighted by molar-refractivity contribution is 5.96. The van der Waals surface area contributed by atoms with Crippen molar-refractivity contribution in [1.29, 1.82) is 0 Å². The fourth-order valence-electron chi connectivity index (χ4n) is 3.15. The Bertz CT molecular complexity index is 768. The molecule has 2 amide bonds. The maximum Gasteiger partial charge on any atom is 0.272 e. The summed E-state index contributed by atoms with van der Waals surface area (Å²) in [6.45, 7) is 5.64. The molecule has 5 nitrogen and oxygen atoms in total. The Morgan fingerprint density at radius 2 is 1.69 bits per heavy atom. The molecule has 0 saturated carbocycles. The molecular formula is C21H25N3O2. The number of nitrogens with one attached hydrogen (secondary N) is 1. The highest BCUT2D eigenvalue weighted by Gasteiger charge is 2.23. The van der Waals surface area contributed by atoms with Gasteiger partial charge in [0.2, 0.25) is 0 Å². The van der Waals surface area contributed by atoms with Gasteiger partial charge in [0.25, 0.3) is 11.8 Å². The van der Waals surface area contributed by atoms with Gasteiger partial charge in [-0.15, -0.1) is 0 Å². The van der Waals surface area contributed by atoms with Crippen molar-refractivity contribution in [2.45, 2.75) is 32.7 Å². The van der Waals surface area contributed by atoms with Crippen molar-refractivity contribution in [3.05, 3.63) is 65.5 Å². The van der Waals surface area contributed by atoms with Crippen LogP contribution in [0.25, 0.3) is 0 Å². The molecule has 1 saturated heterocycles. The number of nitrogens with zero attached hydrogens (tertiary/aromatic N) is 2. The number of benzene rings is 1. The van der Waals surface area contributed by atoms with E-state index in [-0.39, 0.29) is 23.6 Å². The van der Waals surface area contributed by atoms with Crippen molar-refractivity contribution >= 4 is 11.8 Å². The fourth-order valence-corrected chi connectivity index (χ4v) is 3.15. The number of piperidine rings is 1. The minimum absolute atomic E-state index is 0.0948. The van der Waals surface area contributed by atoms with Crippen LogP contribution in [-0.4, -0.2) is 34.8 Å². The smallest absolute Gasteiger partial charge is 0.272 e. The van der Waals surface area contributed by atoms with Crippen LogP contribution >= 0.6 is 0 Å². The summed E-state index contributed by atoms with van der Waals surface area (Å²) in [5, 5.41) is 2.94. The molecule has 0 bridgehead atoms. The van der Waals surface area contributed by atoms with Gasteiger partial charge < -0.3 is 10.2 Å². The third-order valence-electron chi connectivity index (χ3n) is 4.92. The van der Waals surface area contributed by atoms with Crippen LogP contribution in [0.4, 0.5) is 0 Å². The van der Waals surface area contributed by atoms with Crippen molar-refractivity contribution in [2.24, 2.45) is 5.92 Å². The zero-order valence-corrected chi connectivity index (χ0v) is 15.3. The van der Waals surface area contributed by atoms with E-state index >= 15 is 0 Å². The number of rotatable bonds is 4. The van der Waals surface area contributed by atoms with E-state index in [1.54, 1.807) is 18.2 Å². The first-order valence-corrected chi connectivity index (χ1v) is 9.16. The average Bonchev–Trinajstić information content (AvgIpc) is 2.68. The second kappa shape index (κ2) is 8.13. The number of amides is 2. The maximum absolute atomic E-state index is 12.7. The Morgan fingerprint density at radius 1 is 1.04 bits per heavy atom. The summed E-state index contributed by atoms with van der Waals surface area (Å²) >= 11 is 0. The number of carbonyl (C=O) groups is 2. The van der Waals surface area contributed by atoms with E-state index in [9.17, 15) is 9.59 Å². The van der Waals surface area contributed by atoms with Gasteiger partial charge in [0.15, 0.2) is 0 Å². The summed E-state index contributed by atoms with van der Waals surface area (Å²) in [6, 6.07) is 14.7. The minimum Gasteiger partial charge on any atom is -0.344 e. The SMILES string of the molecule is CC1CCN(C(=O)c2cccc(C(=O)NC(C)c3ccccc3)n2)CC1. The predicted octanol–water partition coefficient (Wildman–Crippen LogP) is 3.44. The second-order valence-electron chi connectivity index (χ2n) is 6.99. The number of likely N-dealkylation sites (tertiary alicyclic amines) is 1. The molecule has 1 aromatic carbocycles. The molecule has 5 heteroatoms. The summed E-state index contributed by atoms with van der Waals surface area (Å²) < 4.78 is 0. The molecule has 1 fully saturated rings. The molecule has 2 heterocycles. The van der Waals surface area contributed by atoms with Gasteiger partial charge in [0.05, 0.1) is 6.04 Å². The van der Waals surface area contributed by atoms with Crippen molar-refractivity contribution in [1.82, 2.24) is 15.2 Å². The molecule has 0 spiro atoms. The summed E-state index contributed by atoms with van der Waals surface area (Å²) in [7, 11) is 0. The van der Waals surface area contributed by atoms with Crippen LogP contribution in [0, 0.1) is 5.92 Å². The van der Waals surface area contributed by atoms with Crippen LogP contribution in [0.5, 0.6) is 0 Å². The first-order chi connectivity index (χ1) is 12.5. The van der Waals surface area contributed by atoms with Crippen LogP contribution < -0.4 is 5.32 Å². The molecule has 0 radical (unpaired) electrons. The van der Waals surface area contributed by atoms with Gasteiger partial charge in [-0.1, -0.05) is 43.3 Å². The van der Waals surface area contributed by atoms with Gasteiger partial charge in [0, 0.05) is 13.1 Å². The molecule has 2 aromatic rings. The van der Waals surface area contributed by atoms with Crippen LogP contribution in [0.15, 0.2) is 48.5 Å². The third kappa shape index (κ3) is 4.28. The van der Waals surface area contributed by atoms with Crippen molar-refractivity contribution in [2.75, 3.05) is 13.1 Å². The number of hydrogen-bond acceptors (Lipinski definition) is 3. The van der Waals surface area contributed by atoms with Crippen LogP contribution in [0.3, 0.4) is 0 Å². The van der Waals surface area contributed by atoms with E-state index in [0.29, 0.717) is 11.6 Å². The molecule has 1 N–H and O–H groups in total. The molecule has 3 rings (SSSR count). The molecule has 26 heavy (non-hydrogen) atoms. The van der Waals surface area contributed by atoms with E-state index in [1.807, 2.05) is 42.2 Å². The molecular weight excluding hydrogens is 326 g/mol. The second-order valence-corrected chi connectivity index (χ2v) is 6.99. The minimum atomic E-state index is -0.275. The normalized spacial score (nSPS) is 16.2. The zero-order valence-electron chi connectivity index (χ0n) is 15.3. The van der Waals surface area contributed by atoms with Crippen LogP contribution in [-0.2, 0) is 0 Å². The predicted molar refractivity (Wildman–Crippen MR) is 101 cm³/mol. The van der Waals surface area contributed by atoms with Gasteiger partial charge in [-0.05, 0) is 43.4 Å². The lowest BCUT2D eigenvalue weighted by Gasteiger charge is -2.30. The molecule has 136 valence electrons. The number of hydrogen-bond donors (Lipinski definition) is 1. The van der Waals surface area contributed by atoms with Gasteiger partial charge in [-0.25, -0.2) is 4.98 Å². The molecule has 1 aliphatic rings. The molecule has 1 unspecified atom stereocenters. The number of carbonyl (C=O) groups excluding carboxylic acids is 2. The maximum atomic E-state index is 12.7. The molecule has 1 aromatic heterocycles. The molecule has 1 aliphatic heterocycles. The Kier molecular flexibility index (Phi) is 5.66. The van der Waals surface area contributed by atoms with E-state index in [1.165, 1.54) is 0 Å². The monoisotopic (exact) mass is 351 g/mol. The quantitative estimate of drug-likeness (QED) is 0.918. The van der Waals surface area contributed by atoms with E-state index in [4.69, 9.17) is 0 Å². The van der Waals surface area contributed by atoms with Gasteiger partial charge in [-0.3, -0.25) is 9.59 Å². The Hall–Kier alpha value is -2.69. The largest absolute Gasteiger partial charge is 0.344 e. The first kappa shape index (κ1) is 18.1. The van der Waals surface area contributed by atoms with Gasteiger partial charge in [0.1, 0.15) is 11.4 Å². The summed E-state index contributed by atoms with van der Waals surface area (Å²) in [5.74, 6) is 0.287.